The van der Waals surface area contributed by atoms with Gasteiger partial charge in [0.15, 0.2) is 0 Å². The number of hydrogen-bond donors (Lipinski definition) is 2. The van der Waals surface area contributed by atoms with Crippen LogP contribution in [0.25, 0.3) is 0 Å². The maximum absolute atomic E-state index is 14.1. The summed E-state index contributed by atoms with van der Waals surface area (Å²) >= 11 is 0. The molecule has 3 aliphatic carbocycles. The molecule has 2 fully saturated rings. The van der Waals surface area contributed by atoms with Crippen molar-refractivity contribution in [1.29, 1.82) is 0 Å². The largest absolute Gasteiger partial charge is 0.277 e. The Kier molecular flexibility index (Phi) is 3.94. The summed E-state index contributed by atoms with van der Waals surface area (Å²) in [6, 6.07) is 5.25. The molecule has 0 saturated heterocycles. The van der Waals surface area contributed by atoms with Gasteiger partial charge in [0.25, 0.3) is 10.2 Å². The number of halogens is 1. The first-order chi connectivity index (χ1) is 11.0. The molecule has 2 N–H and O–H groups in total. The van der Waals surface area contributed by atoms with Gasteiger partial charge in [-0.1, -0.05) is 18.6 Å². The van der Waals surface area contributed by atoms with Crippen molar-refractivity contribution in [2.75, 3.05) is 0 Å². The summed E-state index contributed by atoms with van der Waals surface area (Å²) in [5.41, 5.74) is 1.84. The summed E-state index contributed by atoms with van der Waals surface area (Å²) < 4.78 is 44.5. The van der Waals surface area contributed by atoms with Crippen molar-refractivity contribution >= 4 is 10.2 Å². The Balaban J connectivity index is 1.54. The van der Waals surface area contributed by atoms with Crippen molar-refractivity contribution in [1.82, 2.24) is 9.44 Å². The smallest absolute Gasteiger partial charge is 0.207 e. The monoisotopic (exact) mass is 338 g/mol. The lowest BCUT2D eigenvalue weighted by Crippen LogP contribution is -2.51. The van der Waals surface area contributed by atoms with Gasteiger partial charge in [0.05, 0.1) is 0 Å². The molecular weight excluding hydrogens is 315 g/mol. The van der Waals surface area contributed by atoms with Gasteiger partial charge in [0.2, 0.25) is 0 Å². The van der Waals surface area contributed by atoms with Crippen LogP contribution in [0.2, 0.25) is 0 Å². The highest BCUT2D eigenvalue weighted by molar-refractivity contribution is 7.87. The standard InChI is InChI=1S/C17H23FN2O2S/c18-16-6-1-3-11-9-12-7-8-13(10-15(11)16)17(12)20-23(21,22)19-14-4-2-5-14/h1,3,6,12-14,17,19-20H,2,4-5,7-10H2. The molecule has 0 aliphatic heterocycles. The van der Waals surface area contributed by atoms with Crippen molar-refractivity contribution in [3.05, 3.63) is 35.1 Å². The average Bonchev–Trinajstić information content (AvgIpc) is 2.70. The van der Waals surface area contributed by atoms with E-state index in [-0.39, 0.29) is 29.7 Å². The van der Waals surface area contributed by atoms with E-state index in [9.17, 15) is 12.8 Å². The van der Waals surface area contributed by atoms with Gasteiger partial charge < -0.3 is 0 Å². The van der Waals surface area contributed by atoms with Gasteiger partial charge in [-0.2, -0.15) is 17.9 Å². The molecule has 1 aromatic carbocycles. The molecule has 4 rings (SSSR count). The van der Waals surface area contributed by atoms with Crippen LogP contribution in [0.15, 0.2) is 18.2 Å². The Morgan fingerprint density at radius 2 is 1.74 bits per heavy atom. The zero-order valence-electron chi connectivity index (χ0n) is 13.1. The molecule has 0 amide bonds. The molecule has 2 bridgehead atoms. The van der Waals surface area contributed by atoms with Crippen molar-refractivity contribution in [3.8, 4) is 0 Å². The lowest BCUT2D eigenvalue weighted by Gasteiger charge is -2.29. The number of nitrogens with one attached hydrogen (secondary N) is 2. The fourth-order valence-electron chi connectivity index (χ4n) is 4.35. The second-order valence-corrected chi connectivity index (χ2v) is 8.75. The van der Waals surface area contributed by atoms with Crippen LogP contribution in [0.3, 0.4) is 0 Å². The lowest BCUT2D eigenvalue weighted by molar-refractivity contribution is 0.360. The third-order valence-electron chi connectivity index (χ3n) is 5.81. The molecule has 2 saturated carbocycles. The summed E-state index contributed by atoms with van der Waals surface area (Å²) in [5, 5.41) is 0. The van der Waals surface area contributed by atoms with Crippen molar-refractivity contribution in [3.63, 3.8) is 0 Å². The molecule has 126 valence electrons. The Morgan fingerprint density at radius 3 is 2.43 bits per heavy atom. The van der Waals surface area contributed by atoms with Gasteiger partial charge in [-0.15, -0.1) is 0 Å². The minimum absolute atomic E-state index is 0.0839. The zero-order valence-corrected chi connectivity index (χ0v) is 13.9. The minimum atomic E-state index is -3.47. The van der Waals surface area contributed by atoms with E-state index in [4.69, 9.17) is 0 Å². The van der Waals surface area contributed by atoms with Gasteiger partial charge in [-0.05, 0) is 67.6 Å². The fourth-order valence-corrected chi connectivity index (χ4v) is 5.83. The molecule has 4 nitrogen and oxygen atoms in total. The number of rotatable bonds is 4. The molecule has 1 aromatic rings. The van der Waals surface area contributed by atoms with E-state index in [0.717, 1.165) is 49.7 Å². The first-order valence-corrected chi connectivity index (χ1v) is 10.1. The summed E-state index contributed by atoms with van der Waals surface area (Å²) in [4.78, 5) is 0. The van der Waals surface area contributed by atoms with Crippen molar-refractivity contribution in [2.24, 2.45) is 11.8 Å². The molecule has 0 spiro atoms. The summed E-state index contributed by atoms with van der Waals surface area (Å²) in [6.07, 6.45) is 6.32. The highest BCUT2D eigenvalue weighted by Crippen LogP contribution is 2.41. The van der Waals surface area contributed by atoms with E-state index < -0.39 is 10.2 Å². The maximum Gasteiger partial charge on any atom is 0.277 e. The van der Waals surface area contributed by atoms with Crippen LogP contribution < -0.4 is 9.44 Å². The van der Waals surface area contributed by atoms with E-state index >= 15 is 0 Å². The van der Waals surface area contributed by atoms with Gasteiger partial charge in [0.1, 0.15) is 5.82 Å². The van der Waals surface area contributed by atoms with Crippen molar-refractivity contribution < 1.29 is 12.8 Å². The molecule has 3 unspecified atom stereocenters. The normalized spacial score (nSPS) is 30.6. The molecule has 0 heterocycles. The second-order valence-electron chi connectivity index (χ2n) is 7.28. The predicted molar refractivity (Wildman–Crippen MR) is 86.6 cm³/mol. The quantitative estimate of drug-likeness (QED) is 0.885. The fraction of sp³-hybridized carbons (Fsp3) is 0.647. The van der Waals surface area contributed by atoms with Gasteiger partial charge in [-0.3, -0.25) is 0 Å². The molecule has 23 heavy (non-hydrogen) atoms. The average molecular weight is 338 g/mol. The topological polar surface area (TPSA) is 58.2 Å². The van der Waals surface area contributed by atoms with Crippen molar-refractivity contribution in [2.45, 2.75) is 57.0 Å². The number of hydrogen-bond acceptors (Lipinski definition) is 2. The molecule has 3 aliphatic rings. The van der Waals surface area contributed by atoms with E-state index in [1.54, 1.807) is 6.07 Å². The Labute approximate surface area is 137 Å². The molecule has 3 atom stereocenters. The van der Waals surface area contributed by atoms with Gasteiger partial charge in [0, 0.05) is 12.1 Å². The highest BCUT2D eigenvalue weighted by Gasteiger charge is 2.41. The van der Waals surface area contributed by atoms with Gasteiger partial charge in [-0.25, -0.2) is 4.39 Å². The Morgan fingerprint density at radius 1 is 1.00 bits per heavy atom. The van der Waals surface area contributed by atoms with Crippen LogP contribution in [0.5, 0.6) is 0 Å². The number of benzene rings is 1. The van der Waals surface area contributed by atoms with E-state index in [0.29, 0.717) is 6.42 Å². The highest BCUT2D eigenvalue weighted by atomic mass is 32.2. The van der Waals surface area contributed by atoms with Crippen LogP contribution in [-0.4, -0.2) is 20.5 Å². The lowest BCUT2D eigenvalue weighted by atomic mass is 9.93. The van der Waals surface area contributed by atoms with E-state index in [1.807, 2.05) is 6.07 Å². The molecule has 6 heteroatoms. The van der Waals surface area contributed by atoms with Crippen LogP contribution in [0, 0.1) is 17.7 Å². The molecule has 0 radical (unpaired) electrons. The second kappa shape index (κ2) is 5.83. The first-order valence-electron chi connectivity index (χ1n) is 8.58. The van der Waals surface area contributed by atoms with Crippen LogP contribution in [0.4, 0.5) is 4.39 Å². The van der Waals surface area contributed by atoms with Gasteiger partial charge >= 0.3 is 0 Å². The summed E-state index contributed by atoms with van der Waals surface area (Å²) in [6.45, 7) is 0. The zero-order chi connectivity index (χ0) is 16.0. The Bertz CT molecular complexity index is 703. The third-order valence-corrected chi connectivity index (χ3v) is 7.03. The summed E-state index contributed by atoms with van der Waals surface area (Å²) in [5.74, 6) is 0.307. The first kappa shape index (κ1) is 15.5. The SMILES string of the molecule is O=S(=O)(NC1CCC1)NC1C2CCC1Cc1c(F)cccc1C2. The minimum Gasteiger partial charge on any atom is -0.207 e. The molecular formula is C17H23FN2O2S. The Hall–Kier alpha value is -0.980. The van der Waals surface area contributed by atoms with Crippen LogP contribution in [-0.2, 0) is 23.1 Å². The maximum atomic E-state index is 14.1. The van der Waals surface area contributed by atoms with E-state index in [2.05, 4.69) is 9.44 Å². The predicted octanol–water partition coefficient (Wildman–Crippen LogP) is 2.30. The summed E-state index contributed by atoms with van der Waals surface area (Å²) in [7, 11) is -3.47. The number of fused-ring (bicyclic) bond motifs is 3. The van der Waals surface area contributed by atoms with Crippen LogP contribution >= 0.6 is 0 Å². The third kappa shape index (κ3) is 3.04. The van der Waals surface area contributed by atoms with E-state index in [1.165, 1.54) is 6.07 Å². The van der Waals surface area contributed by atoms with Crippen LogP contribution in [0.1, 0.15) is 43.2 Å². The molecule has 0 aromatic heterocycles.